The maximum Gasteiger partial charge on any atom is 0.244 e. The molecule has 1 aliphatic rings. The van der Waals surface area contributed by atoms with E-state index in [1.807, 2.05) is 25.3 Å². The average Bonchev–Trinajstić information content (AvgIpc) is 2.84. The molecular weight excluding hydrogens is 278 g/mol. The van der Waals surface area contributed by atoms with Gasteiger partial charge in [0, 0.05) is 37.1 Å². The van der Waals surface area contributed by atoms with E-state index in [0.717, 1.165) is 5.69 Å². The number of nitrogens with zero attached hydrogens (tertiary/aromatic N) is 2. The highest BCUT2D eigenvalue weighted by Gasteiger charge is 2.32. The minimum atomic E-state index is -3.48. The fourth-order valence-electron chi connectivity index (χ4n) is 2.49. The molecule has 0 aromatic carbocycles. The van der Waals surface area contributed by atoms with Gasteiger partial charge in [-0.05, 0) is 26.8 Å². The van der Waals surface area contributed by atoms with Crippen LogP contribution in [0.3, 0.4) is 0 Å². The normalized spacial score (nSPS) is 21.6. The van der Waals surface area contributed by atoms with Crippen molar-refractivity contribution in [1.82, 2.24) is 8.87 Å². The van der Waals surface area contributed by atoms with Crippen LogP contribution in [0.15, 0.2) is 17.2 Å². The Morgan fingerprint density at radius 1 is 1.50 bits per heavy atom. The lowest BCUT2D eigenvalue weighted by Crippen LogP contribution is -2.46. The Bertz CT molecular complexity index is 565. The van der Waals surface area contributed by atoms with Crippen LogP contribution in [0.2, 0.25) is 0 Å². The van der Waals surface area contributed by atoms with Crippen LogP contribution in [0.4, 0.5) is 0 Å². The third kappa shape index (κ3) is 2.76. The lowest BCUT2D eigenvalue weighted by atomic mass is 10.3. The first-order valence-electron chi connectivity index (χ1n) is 6.88. The van der Waals surface area contributed by atoms with Crippen molar-refractivity contribution in [3.05, 3.63) is 18.0 Å². The second-order valence-electron chi connectivity index (χ2n) is 5.41. The van der Waals surface area contributed by atoms with Gasteiger partial charge < -0.3 is 15.0 Å². The molecule has 0 radical (unpaired) electrons. The minimum Gasteiger partial charge on any atom is -0.378 e. The van der Waals surface area contributed by atoms with Crippen molar-refractivity contribution in [3.63, 3.8) is 0 Å². The van der Waals surface area contributed by atoms with Crippen molar-refractivity contribution in [2.75, 3.05) is 19.8 Å². The zero-order chi connectivity index (χ0) is 14.9. The third-order valence-corrected chi connectivity index (χ3v) is 5.56. The van der Waals surface area contributed by atoms with E-state index in [0.29, 0.717) is 31.2 Å². The van der Waals surface area contributed by atoms with Gasteiger partial charge in [-0.1, -0.05) is 0 Å². The number of hydrogen-bond donors (Lipinski definition) is 1. The highest BCUT2D eigenvalue weighted by molar-refractivity contribution is 7.89. The summed E-state index contributed by atoms with van der Waals surface area (Å²) >= 11 is 0. The van der Waals surface area contributed by atoms with Gasteiger partial charge in [-0.15, -0.1) is 0 Å². The SMILES string of the molecule is CC1COCCN1S(=O)(=O)c1cc(CN)n(C(C)C)c1. The number of sulfonamides is 1. The first kappa shape index (κ1) is 15.5. The molecular formula is C13H23N3O3S. The molecule has 2 heterocycles. The minimum absolute atomic E-state index is 0.141. The molecule has 1 fully saturated rings. The van der Waals surface area contributed by atoms with Gasteiger partial charge in [-0.3, -0.25) is 0 Å². The molecule has 2 N–H and O–H groups in total. The predicted molar refractivity (Wildman–Crippen MR) is 76.9 cm³/mol. The Balaban J connectivity index is 2.39. The van der Waals surface area contributed by atoms with E-state index < -0.39 is 10.0 Å². The third-order valence-electron chi connectivity index (χ3n) is 3.59. The molecule has 0 saturated carbocycles. The zero-order valence-electron chi connectivity index (χ0n) is 12.2. The fourth-order valence-corrected chi connectivity index (χ4v) is 4.14. The summed E-state index contributed by atoms with van der Waals surface area (Å²) in [7, 11) is -3.48. The molecule has 1 aliphatic heterocycles. The quantitative estimate of drug-likeness (QED) is 0.897. The Kier molecular flexibility index (Phi) is 4.53. The molecule has 114 valence electrons. The van der Waals surface area contributed by atoms with Gasteiger partial charge in [0.25, 0.3) is 0 Å². The van der Waals surface area contributed by atoms with E-state index in [2.05, 4.69) is 0 Å². The van der Waals surface area contributed by atoms with Crippen LogP contribution < -0.4 is 5.73 Å². The van der Waals surface area contributed by atoms with Gasteiger partial charge in [-0.25, -0.2) is 8.42 Å². The van der Waals surface area contributed by atoms with Gasteiger partial charge in [0.2, 0.25) is 10.0 Å². The summed E-state index contributed by atoms with van der Waals surface area (Å²) in [6.07, 6.45) is 1.68. The van der Waals surface area contributed by atoms with Crippen LogP contribution in [-0.2, 0) is 21.3 Å². The van der Waals surface area contributed by atoms with Crippen LogP contribution in [0.25, 0.3) is 0 Å². The highest BCUT2D eigenvalue weighted by Crippen LogP contribution is 2.24. The molecule has 0 spiro atoms. The van der Waals surface area contributed by atoms with Crippen molar-refractivity contribution in [2.24, 2.45) is 5.73 Å². The number of morpholine rings is 1. The smallest absolute Gasteiger partial charge is 0.244 e. The fraction of sp³-hybridized carbons (Fsp3) is 0.692. The maximum atomic E-state index is 12.7. The summed E-state index contributed by atoms with van der Waals surface area (Å²) in [6.45, 7) is 7.48. The van der Waals surface area contributed by atoms with Crippen molar-refractivity contribution in [2.45, 2.75) is 44.3 Å². The standard InChI is InChI=1S/C13H23N3O3S/c1-10(2)15-8-13(6-12(15)7-14)20(17,18)16-4-5-19-9-11(16)3/h6,8,10-11H,4-5,7,9,14H2,1-3H3. The number of hydrogen-bond acceptors (Lipinski definition) is 4. The van der Waals surface area contributed by atoms with E-state index in [1.165, 1.54) is 4.31 Å². The first-order valence-corrected chi connectivity index (χ1v) is 8.32. The van der Waals surface area contributed by atoms with E-state index >= 15 is 0 Å². The van der Waals surface area contributed by atoms with Crippen LogP contribution in [0, 0.1) is 0 Å². The van der Waals surface area contributed by atoms with Crippen molar-refractivity contribution < 1.29 is 13.2 Å². The summed E-state index contributed by atoms with van der Waals surface area (Å²) in [4.78, 5) is 0.320. The second kappa shape index (κ2) is 5.85. The van der Waals surface area contributed by atoms with Crippen molar-refractivity contribution in [1.29, 1.82) is 0 Å². The van der Waals surface area contributed by atoms with Gasteiger partial charge in [0.1, 0.15) is 4.90 Å². The molecule has 0 bridgehead atoms. The first-order chi connectivity index (χ1) is 9.37. The summed E-state index contributed by atoms with van der Waals surface area (Å²) in [5.41, 5.74) is 6.53. The lowest BCUT2D eigenvalue weighted by Gasteiger charge is -2.31. The lowest BCUT2D eigenvalue weighted by molar-refractivity contribution is 0.0393. The average molecular weight is 301 g/mol. The zero-order valence-corrected chi connectivity index (χ0v) is 13.1. The van der Waals surface area contributed by atoms with Crippen molar-refractivity contribution in [3.8, 4) is 0 Å². The molecule has 20 heavy (non-hydrogen) atoms. The summed E-state index contributed by atoms with van der Waals surface area (Å²) < 4.78 is 34.2. The van der Waals surface area contributed by atoms with Gasteiger partial charge >= 0.3 is 0 Å². The Hall–Kier alpha value is -0.890. The molecule has 1 atom stereocenters. The molecule has 1 unspecified atom stereocenters. The van der Waals surface area contributed by atoms with Crippen molar-refractivity contribution >= 4 is 10.0 Å². The largest absolute Gasteiger partial charge is 0.378 e. The maximum absolute atomic E-state index is 12.7. The number of nitrogens with two attached hydrogens (primary N) is 1. The van der Waals surface area contributed by atoms with E-state index in [9.17, 15) is 8.42 Å². The Labute approximate surface area is 120 Å². The number of aromatic nitrogens is 1. The summed E-state index contributed by atoms with van der Waals surface area (Å²) in [6, 6.07) is 1.72. The van der Waals surface area contributed by atoms with Crippen LogP contribution in [0.5, 0.6) is 0 Å². The van der Waals surface area contributed by atoms with Crippen LogP contribution >= 0.6 is 0 Å². The highest BCUT2D eigenvalue weighted by atomic mass is 32.2. The molecule has 7 heteroatoms. The van der Waals surface area contributed by atoms with E-state index in [1.54, 1.807) is 12.3 Å². The number of ether oxygens (including phenoxy) is 1. The predicted octanol–water partition coefficient (Wildman–Crippen LogP) is 0.937. The Morgan fingerprint density at radius 3 is 2.70 bits per heavy atom. The molecule has 1 aromatic rings. The summed E-state index contributed by atoms with van der Waals surface area (Å²) in [5, 5.41) is 0. The molecule has 0 amide bonds. The van der Waals surface area contributed by atoms with E-state index in [4.69, 9.17) is 10.5 Å². The van der Waals surface area contributed by atoms with Crippen LogP contribution in [0.1, 0.15) is 32.5 Å². The molecule has 0 aliphatic carbocycles. The van der Waals surface area contributed by atoms with Gasteiger partial charge in [0.15, 0.2) is 0 Å². The second-order valence-corrected chi connectivity index (χ2v) is 7.30. The topological polar surface area (TPSA) is 77.6 Å². The molecule has 1 aromatic heterocycles. The van der Waals surface area contributed by atoms with Crippen LogP contribution in [-0.4, -0.2) is 43.1 Å². The molecule has 6 nitrogen and oxygen atoms in total. The Morgan fingerprint density at radius 2 is 2.20 bits per heavy atom. The van der Waals surface area contributed by atoms with E-state index in [-0.39, 0.29) is 12.1 Å². The molecule has 2 rings (SSSR count). The number of rotatable bonds is 4. The molecule has 1 saturated heterocycles. The van der Waals surface area contributed by atoms with Gasteiger partial charge in [0.05, 0.1) is 13.2 Å². The summed E-state index contributed by atoms with van der Waals surface area (Å²) in [5.74, 6) is 0. The van der Waals surface area contributed by atoms with Gasteiger partial charge in [-0.2, -0.15) is 4.31 Å². The monoisotopic (exact) mass is 301 g/mol.